The van der Waals surface area contributed by atoms with E-state index in [0.717, 1.165) is 37.0 Å². The number of oxazole rings is 1. The van der Waals surface area contributed by atoms with Crippen molar-refractivity contribution in [1.82, 2.24) is 9.88 Å². The maximum Gasteiger partial charge on any atom is 0.303 e. The lowest BCUT2D eigenvalue weighted by Crippen LogP contribution is -2.19. The number of carbonyl (C=O) groups is 1. The highest BCUT2D eigenvalue weighted by molar-refractivity contribution is 5.72. The predicted octanol–water partition coefficient (Wildman–Crippen LogP) is 2.51. The molecule has 0 spiro atoms. The first-order chi connectivity index (χ1) is 9.15. The van der Waals surface area contributed by atoms with Gasteiger partial charge in [-0.15, -0.1) is 0 Å². The molecule has 19 heavy (non-hydrogen) atoms. The number of aromatic nitrogens is 1. The summed E-state index contributed by atoms with van der Waals surface area (Å²) < 4.78 is 5.27. The summed E-state index contributed by atoms with van der Waals surface area (Å²) in [6.07, 6.45) is 3.32. The van der Waals surface area contributed by atoms with Gasteiger partial charge in [-0.05, 0) is 44.1 Å². The largest absolute Gasteiger partial charge is 0.481 e. The standard InChI is InChI=1S/C14H18N2O3/c1-16(7-3-2-4-14(17)18)9-11-5-6-12-13(8-11)19-10-15-12/h5-6,8,10H,2-4,7,9H2,1H3,(H,17,18). The second-order valence-electron chi connectivity index (χ2n) is 4.74. The molecule has 0 aliphatic heterocycles. The van der Waals surface area contributed by atoms with Crippen LogP contribution in [-0.4, -0.2) is 34.6 Å². The zero-order valence-electron chi connectivity index (χ0n) is 11.0. The number of nitrogens with zero attached hydrogens (tertiary/aromatic N) is 2. The lowest BCUT2D eigenvalue weighted by molar-refractivity contribution is -0.137. The molecular formula is C14H18N2O3. The van der Waals surface area contributed by atoms with Gasteiger partial charge >= 0.3 is 5.97 Å². The van der Waals surface area contributed by atoms with Crippen molar-refractivity contribution in [3.8, 4) is 0 Å². The number of fused-ring (bicyclic) bond motifs is 1. The Hall–Kier alpha value is -1.88. The van der Waals surface area contributed by atoms with Gasteiger partial charge in [-0.25, -0.2) is 4.98 Å². The first-order valence-electron chi connectivity index (χ1n) is 6.37. The van der Waals surface area contributed by atoms with E-state index >= 15 is 0 Å². The average Bonchev–Trinajstić information content (AvgIpc) is 2.82. The van der Waals surface area contributed by atoms with E-state index in [9.17, 15) is 4.79 Å². The van der Waals surface area contributed by atoms with Crippen LogP contribution in [0, 0.1) is 0 Å². The monoisotopic (exact) mass is 262 g/mol. The van der Waals surface area contributed by atoms with Crippen molar-refractivity contribution in [2.75, 3.05) is 13.6 Å². The molecule has 5 nitrogen and oxygen atoms in total. The van der Waals surface area contributed by atoms with Gasteiger partial charge in [-0.2, -0.15) is 0 Å². The Morgan fingerprint density at radius 2 is 2.26 bits per heavy atom. The molecule has 0 atom stereocenters. The molecule has 0 unspecified atom stereocenters. The fourth-order valence-corrected chi connectivity index (χ4v) is 2.05. The number of benzene rings is 1. The second-order valence-corrected chi connectivity index (χ2v) is 4.74. The van der Waals surface area contributed by atoms with Gasteiger partial charge in [0, 0.05) is 13.0 Å². The minimum atomic E-state index is -0.724. The summed E-state index contributed by atoms with van der Waals surface area (Å²) in [4.78, 5) is 16.7. The molecule has 1 heterocycles. The molecule has 2 aromatic rings. The normalized spacial score (nSPS) is 11.3. The van der Waals surface area contributed by atoms with E-state index in [1.165, 1.54) is 12.0 Å². The average molecular weight is 262 g/mol. The van der Waals surface area contributed by atoms with Crippen LogP contribution >= 0.6 is 0 Å². The van der Waals surface area contributed by atoms with Gasteiger partial charge in [-0.1, -0.05) is 6.07 Å². The first-order valence-corrected chi connectivity index (χ1v) is 6.37. The summed E-state index contributed by atoms with van der Waals surface area (Å²) in [5, 5.41) is 8.56. The van der Waals surface area contributed by atoms with Crippen molar-refractivity contribution in [2.24, 2.45) is 0 Å². The Balaban J connectivity index is 1.81. The Kier molecular flexibility index (Phi) is 4.52. The highest BCUT2D eigenvalue weighted by Crippen LogP contribution is 2.15. The van der Waals surface area contributed by atoms with Crippen molar-refractivity contribution >= 4 is 17.1 Å². The molecule has 0 amide bonds. The summed E-state index contributed by atoms with van der Waals surface area (Å²) in [6, 6.07) is 5.99. The van der Waals surface area contributed by atoms with Gasteiger partial charge in [0.2, 0.25) is 0 Å². The highest BCUT2D eigenvalue weighted by atomic mass is 16.4. The predicted molar refractivity (Wildman–Crippen MR) is 71.8 cm³/mol. The molecule has 0 radical (unpaired) electrons. The first kappa shape index (κ1) is 13.5. The van der Waals surface area contributed by atoms with Crippen LogP contribution in [0.3, 0.4) is 0 Å². The van der Waals surface area contributed by atoms with Gasteiger partial charge in [0.25, 0.3) is 0 Å². The second kappa shape index (κ2) is 6.33. The summed E-state index contributed by atoms with van der Waals surface area (Å²) in [5.74, 6) is -0.724. The minimum Gasteiger partial charge on any atom is -0.481 e. The highest BCUT2D eigenvalue weighted by Gasteiger charge is 2.04. The molecule has 1 aromatic heterocycles. The van der Waals surface area contributed by atoms with Crippen molar-refractivity contribution in [1.29, 1.82) is 0 Å². The van der Waals surface area contributed by atoms with E-state index in [1.807, 2.05) is 25.2 Å². The van der Waals surface area contributed by atoms with Crippen LogP contribution in [0.4, 0.5) is 0 Å². The Morgan fingerprint density at radius 3 is 3.05 bits per heavy atom. The van der Waals surface area contributed by atoms with Crippen LogP contribution < -0.4 is 0 Å². The quantitative estimate of drug-likeness (QED) is 0.777. The van der Waals surface area contributed by atoms with Gasteiger partial charge in [0.15, 0.2) is 12.0 Å². The Labute approximate surface area is 111 Å². The zero-order valence-corrected chi connectivity index (χ0v) is 11.0. The number of aliphatic carboxylic acids is 1. The molecule has 0 saturated heterocycles. The lowest BCUT2D eigenvalue weighted by atomic mass is 10.2. The molecule has 5 heteroatoms. The third kappa shape index (κ3) is 4.06. The van der Waals surface area contributed by atoms with Gasteiger partial charge in [0.05, 0.1) is 0 Å². The molecule has 1 aromatic carbocycles. The number of hydrogen-bond acceptors (Lipinski definition) is 4. The molecule has 0 saturated carbocycles. The molecule has 0 bridgehead atoms. The summed E-state index contributed by atoms with van der Waals surface area (Å²) in [7, 11) is 2.03. The molecular weight excluding hydrogens is 244 g/mol. The fraction of sp³-hybridized carbons (Fsp3) is 0.429. The van der Waals surface area contributed by atoms with Crippen LogP contribution in [0.15, 0.2) is 29.0 Å². The smallest absolute Gasteiger partial charge is 0.303 e. The van der Waals surface area contributed by atoms with E-state index in [4.69, 9.17) is 9.52 Å². The zero-order chi connectivity index (χ0) is 13.7. The molecule has 0 aliphatic carbocycles. The fourth-order valence-electron chi connectivity index (χ4n) is 2.05. The summed E-state index contributed by atoms with van der Waals surface area (Å²) >= 11 is 0. The van der Waals surface area contributed by atoms with Crippen LogP contribution in [0.25, 0.3) is 11.1 Å². The van der Waals surface area contributed by atoms with Crippen molar-refractivity contribution in [2.45, 2.75) is 25.8 Å². The van der Waals surface area contributed by atoms with E-state index in [1.54, 1.807) is 0 Å². The van der Waals surface area contributed by atoms with Gasteiger partial charge in [-0.3, -0.25) is 4.79 Å². The number of carboxylic acid groups (broad SMARTS) is 1. The number of carboxylic acids is 1. The topological polar surface area (TPSA) is 66.6 Å². The van der Waals surface area contributed by atoms with Crippen LogP contribution in [-0.2, 0) is 11.3 Å². The van der Waals surface area contributed by atoms with Crippen LogP contribution in [0.5, 0.6) is 0 Å². The van der Waals surface area contributed by atoms with Crippen molar-refractivity contribution in [3.05, 3.63) is 30.2 Å². The van der Waals surface area contributed by atoms with Gasteiger partial charge < -0.3 is 14.4 Å². The Bertz CT molecular complexity index is 550. The van der Waals surface area contributed by atoms with Crippen LogP contribution in [0.2, 0.25) is 0 Å². The van der Waals surface area contributed by atoms with Crippen molar-refractivity contribution in [3.63, 3.8) is 0 Å². The number of hydrogen-bond donors (Lipinski definition) is 1. The third-order valence-corrected chi connectivity index (χ3v) is 3.03. The molecule has 102 valence electrons. The SMILES string of the molecule is CN(CCCCC(=O)O)Cc1ccc2ncoc2c1. The Morgan fingerprint density at radius 1 is 1.42 bits per heavy atom. The minimum absolute atomic E-state index is 0.248. The summed E-state index contributed by atoms with van der Waals surface area (Å²) in [6.45, 7) is 1.71. The third-order valence-electron chi connectivity index (χ3n) is 3.03. The van der Waals surface area contributed by atoms with E-state index in [2.05, 4.69) is 9.88 Å². The number of unbranched alkanes of at least 4 members (excludes halogenated alkanes) is 1. The number of rotatable bonds is 7. The van der Waals surface area contributed by atoms with Crippen LogP contribution in [0.1, 0.15) is 24.8 Å². The summed E-state index contributed by atoms with van der Waals surface area (Å²) in [5.41, 5.74) is 2.84. The molecule has 2 rings (SSSR count). The lowest BCUT2D eigenvalue weighted by Gasteiger charge is -2.16. The van der Waals surface area contributed by atoms with E-state index < -0.39 is 5.97 Å². The van der Waals surface area contributed by atoms with Gasteiger partial charge in [0.1, 0.15) is 5.52 Å². The maximum atomic E-state index is 10.4. The van der Waals surface area contributed by atoms with E-state index in [-0.39, 0.29) is 6.42 Å². The van der Waals surface area contributed by atoms with Crippen molar-refractivity contribution < 1.29 is 14.3 Å². The molecule has 0 fully saturated rings. The van der Waals surface area contributed by atoms with E-state index in [0.29, 0.717) is 0 Å². The molecule has 1 N–H and O–H groups in total. The molecule has 0 aliphatic rings. The maximum absolute atomic E-state index is 10.4.